The molecule has 0 saturated carbocycles. The van der Waals surface area contributed by atoms with Gasteiger partial charge in [-0.3, -0.25) is 11.3 Å². The van der Waals surface area contributed by atoms with Gasteiger partial charge in [0, 0.05) is 12.6 Å². The van der Waals surface area contributed by atoms with E-state index in [1.807, 2.05) is 0 Å². The van der Waals surface area contributed by atoms with Gasteiger partial charge in [0.1, 0.15) is 0 Å². The highest BCUT2D eigenvalue weighted by atomic mass is 16.5. The predicted molar refractivity (Wildman–Crippen MR) is 63.4 cm³/mol. The van der Waals surface area contributed by atoms with Crippen molar-refractivity contribution in [2.45, 2.75) is 64.5 Å². The molecule has 2 atom stereocenters. The Bertz CT molecular complexity index is 156. The average molecular weight is 214 g/mol. The van der Waals surface area contributed by atoms with Gasteiger partial charge in [-0.15, -0.1) is 0 Å². The van der Waals surface area contributed by atoms with E-state index in [1.165, 1.54) is 25.7 Å². The molecule has 0 aromatic carbocycles. The van der Waals surface area contributed by atoms with Crippen LogP contribution in [0, 0.1) is 5.92 Å². The van der Waals surface area contributed by atoms with Gasteiger partial charge in [-0.25, -0.2) is 0 Å². The Kier molecular flexibility index (Phi) is 6.22. The van der Waals surface area contributed by atoms with Gasteiger partial charge in [0.25, 0.3) is 0 Å². The van der Waals surface area contributed by atoms with Crippen molar-refractivity contribution in [3.05, 3.63) is 0 Å². The van der Waals surface area contributed by atoms with Crippen molar-refractivity contribution >= 4 is 0 Å². The molecule has 3 heteroatoms. The SMILES string of the molecule is CC(C)CCC(CCC1CCCO1)NN. The van der Waals surface area contributed by atoms with Crippen LogP contribution >= 0.6 is 0 Å². The molecule has 0 spiro atoms. The van der Waals surface area contributed by atoms with E-state index in [4.69, 9.17) is 10.6 Å². The quantitative estimate of drug-likeness (QED) is 0.504. The molecule has 1 rings (SSSR count). The normalized spacial score (nSPS) is 23.6. The monoisotopic (exact) mass is 214 g/mol. The second kappa shape index (κ2) is 7.20. The van der Waals surface area contributed by atoms with Crippen molar-refractivity contribution in [2.75, 3.05) is 6.61 Å². The fourth-order valence-corrected chi connectivity index (χ4v) is 2.10. The van der Waals surface area contributed by atoms with Crippen molar-refractivity contribution < 1.29 is 4.74 Å². The second-order valence-electron chi connectivity index (χ2n) is 5.05. The summed E-state index contributed by atoms with van der Waals surface area (Å²) >= 11 is 0. The fraction of sp³-hybridized carbons (Fsp3) is 1.00. The van der Waals surface area contributed by atoms with Crippen LogP contribution in [0.3, 0.4) is 0 Å². The summed E-state index contributed by atoms with van der Waals surface area (Å²) in [5.41, 5.74) is 2.93. The lowest BCUT2D eigenvalue weighted by Gasteiger charge is -2.18. The zero-order chi connectivity index (χ0) is 11.1. The lowest BCUT2D eigenvalue weighted by atomic mass is 9.98. The Labute approximate surface area is 93.7 Å². The molecular formula is C12H26N2O. The number of nitrogens with one attached hydrogen (secondary N) is 1. The van der Waals surface area contributed by atoms with E-state index in [9.17, 15) is 0 Å². The number of hydrazine groups is 1. The first-order valence-electron chi connectivity index (χ1n) is 6.30. The van der Waals surface area contributed by atoms with Crippen LogP contribution in [-0.2, 0) is 4.74 Å². The Morgan fingerprint density at radius 2 is 2.13 bits per heavy atom. The first-order valence-corrected chi connectivity index (χ1v) is 6.30. The molecule has 1 aliphatic rings. The van der Waals surface area contributed by atoms with Gasteiger partial charge in [-0.1, -0.05) is 13.8 Å². The smallest absolute Gasteiger partial charge is 0.0576 e. The number of rotatable bonds is 7. The van der Waals surface area contributed by atoms with Crippen molar-refractivity contribution in [2.24, 2.45) is 11.8 Å². The average Bonchev–Trinajstić information content (AvgIpc) is 2.70. The fourth-order valence-electron chi connectivity index (χ4n) is 2.10. The zero-order valence-electron chi connectivity index (χ0n) is 10.2. The van der Waals surface area contributed by atoms with Crippen molar-refractivity contribution in [1.29, 1.82) is 0 Å². The summed E-state index contributed by atoms with van der Waals surface area (Å²) in [7, 11) is 0. The lowest BCUT2D eigenvalue weighted by molar-refractivity contribution is 0.0991. The summed E-state index contributed by atoms with van der Waals surface area (Å²) in [6.07, 6.45) is 7.71. The van der Waals surface area contributed by atoms with Crippen molar-refractivity contribution in [3.8, 4) is 0 Å². The Balaban J connectivity index is 2.09. The van der Waals surface area contributed by atoms with Crippen LogP contribution in [-0.4, -0.2) is 18.8 Å². The van der Waals surface area contributed by atoms with Crippen LogP contribution in [0.25, 0.3) is 0 Å². The summed E-state index contributed by atoms with van der Waals surface area (Å²) in [6, 6.07) is 0.469. The third-order valence-corrected chi connectivity index (χ3v) is 3.19. The molecule has 3 N–H and O–H groups in total. The summed E-state index contributed by atoms with van der Waals surface area (Å²) in [5.74, 6) is 6.32. The van der Waals surface area contributed by atoms with Gasteiger partial charge in [0.05, 0.1) is 6.10 Å². The van der Waals surface area contributed by atoms with Crippen LogP contribution < -0.4 is 11.3 Å². The Hall–Kier alpha value is -0.120. The topological polar surface area (TPSA) is 47.3 Å². The molecule has 1 saturated heterocycles. The maximum atomic E-state index is 5.60. The molecule has 0 aromatic heterocycles. The second-order valence-corrected chi connectivity index (χ2v) is 5.05. The molecule has 0 aliphatic carbocycles. The zero-order valence-corrected chi connectivity index (χ0v) is 10.2. The molecule has 0 bridgehead atoms. The van der Waals surface area contributed by atoms with E-state index in [0.717, 1.165) is 25.4 Å². The van der Waals surface area contributed by atoms with E-state index in [2.05, 4.69) is 19.3 Å². The first-order chi connectivity index (χ1) is 7.22. The Morgan fingerprint density at radius 1 is 1.33 bits per heavy atom. The molecule has 2 unspecified atom stereocenters. The van der Waals surface area contributed by atoms with Crippen LogP contribution in [0.5, 0.6) is 0 Å². The summed E-state index contributed by atoms with van der Waals surface area (Å²) in [4.78, 5) is 0. The molecular weight excluding hydrogens is 188 g/mol. The van der Waals surface area contributed by atoms with Crippen LogP contribution in [0.2, 0.25) is 0 Å². The minimum atomic E-state index is 0.469. The van der Waals surface area contributed by atoms with Crippen molar-refractivity contribution in [3.63, 3.8) is 0 Å². The minimum Gasteiger partial charge on any atom is -0.378 e. The number of nitrogens with two attached hydrogens (primary N) is 1. The summed E-state index contributed by atoms with van der Waals surface area (Å²) < 4.78 is 5.60. The largest absolute Gasteiger partial charge is 0.378 e. The predicted octanol–water partition coefficient (Wildman–Crippen LogP) is 2.21. The number of hydrogen-bond acceptors (Lipinski definition) is 3. The molecule has 0 aromatic rings. The number of hydrogen-bond donors (Lipinski definition) is 2. The highest BCUT2D eigenvalue weighted by Crippen LogP contribution is 2.19. The maximum absolute atomic E-state index is 5.60. The molecule has 0 amide bonds. The Morgan fingerprint density at radius 3 is 2.67 bits per heavy atom. The summed E-state index contributed by atoms with van der Waals surface area (Å²) in [5, 5.41) is 0. The van der Waals surface area contributed by atoms with E-state index in [1.54, 1.807) is 0 Å². The van der Waals surface area contributed by atoms with Gasteiger partial charge in [0.15, 0.2) is 0 Å². The third-order valence-electron chi connectivity index (χ3n) is 3.19. The van der Waals surface area contributed by atoms with Crippen LogP contribution in [0.1, 0.15) is 52.4 Å². The standard InChI is InChI=1S/C12H26N2O/c1-10(2)5-6-11(14-13)7-8-12-4-3-9-15-12/h10-12,14H,3-9,13H2,1-2H3. The highest BCUT2D eigenvalue weighted by Gasteiger charge is 2.17. The van der Waals surface area contributed by atoms with Gasteiger partial charge < -0.3 is 4.74 Å². The van der Waals surface area contributed by atoms with Gasteiger partial charge in [-0.2, -0.15) is 0 Å². The summed E-state index contributed by atoms with van der Waals surface area (Å²) in [6.45, 7) is 5.47. The third kappa shape index (κ3) is 5.50. The molecule has 1 aliphatic heterocycles. The van der Waals surface area contributed by atoms with Gasteiger partial charge >= 0.3 is 0 Å². The van der Waals surface area contributed by atoms with Gasteiger partial charge in [0.2, 0.25) is 0 Å². The molecule has 0 radical (unpaired) electrons. The molecule has 15 heavy (non-hydrogen) atoms. The molecule has 1 fully saturated rings. The van der Waals surface area contributed by atoms with E-state index in [0.29, 0.717) is 12.1 Å². The van der Waals surface area contributed by atoms with E-state index >= 15 is 0 Å². The van der Waals surface area contributed by atoms with Crippen molar-refractivity contribution in [1.82, 2.24) is 5.43 Å². The number of ether oxygens (including phenoxy) is 1. The minimum absolute atomic E-state index is 0.469. The molecule has 1 heterocycles. The lowest BCUT2D eigenvalue weighted by Crippen LogP contribution is -2.35. The van der Waals surface area contributed by atoms with Gasteiger partial charge in [-0.05, 0) is 44.4 Å². The first kappa shape index (κ1) is 12.9. The highest BCUT2D eigenvalue weighted by molar-refractivity contribution is 4.71. The molecule has 90 valence electrons. The van der Waals surface area contributed by atoms with E-state index < -0.39 is 0 Å². The van der Waals surface area contributed by atoms with Crippen LogP contribution in [0.15, 0.2) is 0 Å². The van der Waals surface area contributed by atoms with Crippen LogP contribution in [0.4, 0.5) is 0 Å². The maximum Gasteiger partial charge on any atom is 0.0576 e. The molecule has 3 nitrogen and oxygen atoms in total. The van der Waals surface area contributed by atoms with E-state index in [-0.39, 0.29) is 0 Å².